The Morgan fingerprint density at radius 2 is 1.00 bits per heavy atom. The number of esters is 2. The Morgan fingerprint density at radius 3 is 1.33 bits per heavy atom. The number of carbonyl (C=O) groups excluding carboxylic acids is 4. The van der Waals surface area contributed by atoms with E-state index in [-0.39, 0.29) is 22.5 Å². The molecule has 0 saturated heterocycles. The third kappa shape index (κ3) is 48.4. The largest absolute Gasteiger partial charge is 0.460 e. The zero-order valence-corrected chi connectivity index (χ0v) is 31.4. The summed E-state index contributed by atoms with van der Waals surface area (Å²) in [6.45, 7) is 16.2. The van der Waals surface area contributed by atoms with Gasteiger partial charge in [-0.3, -0.25) is 19.2 Å². The number of alkyl halides is 2. The van der Waals surface area contributed by atoms with Gasteiger partial charge in [-0.1, -0.05) is 31.9 Å². The summed E-state index contributed by atoms with van der Waals surface area (Å²) in [5, 5.41) is 3.37. The van der Waals surface area contributed by atoms with Crippen LogP contribution in [-0.4, -0.2) is 110 Å². The minimum absolute atomic E-state index is 0.0162. The van der Waals surface area contributed by atoms with Crippen LogP contribution in [0.15, 0.2) is 0 Å². The predicted octanol–water partition coefficient (Wildman–Crippen LogP) is 4.06. The van der Waals surface area contributed by atoms with Crippen LogP contribution in [0.2, 0.25) is 0 Å². The summed E-state index contributed by atoms with van der Waals surface area (Å²) in [5.74, 6) is -0.442. The maximum absolute atomic E-state index is 11.4. The van der Waals surface area contributed by atoms with Crippen LogP contribution < -0.4 is 11.1 Å². The van der Waals surface area contributed by atoms with Crippen molar-refractivity contribution in [3.05, 3.63) is 0 Å². The second-order valence-electron chi connectivity index (χ2n) is 10.6. The third-order valence-corrected chi connectivity index (χ3v) is 6.03. The van der Waals surface area contributed by atoms with Crippen molar-refractivity contribution in [2.24, 2.45) is 5.73 Å². The minimum atomic E-state index is -0.435. The van der Waals surface area contributed by atoms with Crippen molar-refractivity contribution in [2.45, 2.75) is 78.4 Å². The summed E-state index contributed by atoms with van der Waals surface area (Å²) in [7, 11) is 0. The number of rotatable bonds is 21. The number of carbonyl (C=O) groups is 4. The van der Waals surface area contributed by atoms with E-state index in [2.05, 4.69) is 53.1 Å². The van der Waals surface area contributed by atoms with Crippen molar-refractivity contribution < 1.29 is 47.6 Å². The molecule has 0 fully saturated rings. The highest BCUT2D eigenvalue weighted by Crippen LogP contribution is 2.10. The highest BCUT2D eigenvalue weighted by Gasteiger charge is 2.16. The van der Waals surface area contributed by atoms with Gasteiger partial charge in [0.2, 0.25) is 10.6 Å². The SMILES string of the molecule is CC(C)(C)OC(=O)CCCOCCOCCN.CC(C)(C)OC(=O)CCCOCCOCCNC(=O)CBr.O=C(Br)CBr. The highest BCUT2D eigenvalue weighted by molar-refractivity contribution is 9.19. The molecular weight excluding hydrogens is 764 g/mol. The zero-order chi connectivity index (χ0) is 33.6. The van der Waals surface area contributed by atoms with Crippen LogP contribution in [0, 0.1) is 0 Å². The average molecular weight is 817 g/mol. The topological polar surface area (TPSA) is 162 Å². The van der Waals surface area contributed by atoms with Crippen molar-refractivity contribution in [3.63, 3.8) is 0 Å². The number of amides is 1. The third-order valence-electron chi connectivity index (χ3n) is 3.98. The Labute approximate surface area is 282 Å². The average Bonchev–Trinajstić information content (AvgIpc) is 2.89. The Bertz CT molecular complexity index is 718. The molecule has 12 nitrogen and oxygen atoms in total. The molecule has 0 bridgehead atoms. The van der Waals surface area contributed by atoms with Crippen LogP contribution in [0.1, 0.15) is 67.2 Å². The fraction of sp³-hybridized carbons (Fsp3) is 0.857. The Hall–Kier alpha value is -0.680. The Balaban J connectivity index is -0.000000652. The lowest BCUT2D eigenvalue weighted by molar-refractivity contribution is -0.156. The molecule has 0 spiro atoms. The first-order valence-electron chi connectivity index (χ1n) is 14.1. The van der Waals surface area contributed by atoms with Gasteiger partial charge < -0.3 is 39.5 Å². The van der Waals surface area contributed by atoms with Crippen LogP contribution >= 0.6 is 47.8 Å². The van der Waals surface area contributed by atoms with E-state index in [4.69, 9.17) is 34.2 Å². The van der Waals surface area contributed by atoms with Gasteiger partial charge in [0.15, 0.2) is 0 Å². The van der Waals surface area contributed by atoms with Crippen molar-refractivity contribution in [3.8, 4) is 0 Å². The predicted molar refractivity (Wildman–Crippen MR) is 177 cm³/mol. The maximum atomic E-state index is 11.4. The van der Waals surface area contributed by atoms with E-state index in [1.54, 1.807) is 0 Å². The smallest absolute Gasteiger partial charge is 0.306 e. The molecular formula is C28H53Br3N2O10. The Kier molecular flexibility index (Phi) is 34.0. The van der Waals surface area contributed by atoms with Gasteiger partial charge in [-0.25, -0.2) is 0 Å². The number of hydrogen-bond donors (Lipinski definition) is 2. The maximum Gasteiger partial charge on any atom is 0.306 e. The van der Waals surface area contributed by atoms with E-state index in [0.29, 0.717) is 102 Å². The lowest BCUT2D eigenvalue weighted by Crippen LogP contribution is -2.28. The summed E-state index contributed by atoms with van der Waals surface area (Å²) in [5.41, 5.74) is 4.41. The quantitative estimate of drug-likeness (QED) is 0.0745. The van der Waals surface area contributed by atoms with Crippen LogP contribution in [-0.2, 0) is 47.6 Å². The minimum Gasteiger partial charge on any atom is -0.460 e. The van der Waals surface area contributed by atoms with E-state index < -0.39 is 11.2 Å². The molecule has 0 unspecified atom stereocenters. The monoisotopic (exact) mass is 814 g/mol. The molecule has 0 aromatic heterocycles. The molecule has 0 aromatic carbocycles. The summed E-state index contributed by atoms with van der Waals surface area (Å²) < 4.78 is 31.4. The van der Waals surface area contributed by atoms with Crippen molar-refractivity contribution >= 4 is 70.3 Å². The number of nitrogens with one attached hydrogen (secondary N) is 1. The van der Waals surface area contributed by atoms with Crippen LogP contribution in [0.25, 0.3) is 0 Å². The second kappa shape index (κ2) is 31.3. The summed E-state index contributed by atoms with van der Waals surface area (Å²) >= 11 is 8.66. The highest BCUT2D eigenvalue weighted by atomic mass is 79.9. The van der Waals surface area contributed by atoms with Crippen molar-refractivity contribution in [2.75, 3.05) is 76.6 Å². The van der Waals surface area contributed by atoms with E-state index in [9.17, 15) is 19.2 Å². The molecule has 43 heavy (non-hydrogen) atoms. The fourth-order valence-electron chi connectivity index (χ4n) is 2.46. The van der Waals surface area contributed by atoms with Gasteiger partial charge in [0, 0.05) is 39.1 Å². The Morgan fingerprint density at radius 1 is 0.628 bits per heavy atom. The molecule has 0 aliphatic carbocycles. The van der Waals surface area contributed by atoms with Gasteiger partial charge in [0.05, 0.1) is 50.3 Å². The van der Waals surface area contributed by atoms with E-state index in [1.807, 2.05) is 41.5 Å². The first-order valence-corrected chi connectivity index (χ1v) is 17.1. The van der Waals surface area contributed by atoms with Gasteiger partial charge in [-0.2, -0.15) is 0 Å². The molecule has 1 amide bonds. The van der Waals surface area contributed by atoms with Crippen LogP contribution in [0.5, 0.6) is 0 Å². The van der Waals surface area contributed by atoms with Gasteiger partial charge in [-0.15, -0.1) is 0 Å². The number of hydrogen-bond acceptors (Lipinski definition) is 11. The lowest BCUT2D eigenvalue weighted by atomic mass is 10.2. The number of halogens is 3. The molecule has 0 aliphatic rings. The number of ether oxygens (including phenoxy) is 6. The van der Waals surface area contributed by atoms with E-state index in [1.165, 1.54) is 0 Å². The fourth-order valence-corrected chi connectivity index (χ4v) is 2.66. The summed E-state index contributed by atoms with van der Waals surface area (Å²) in [6.07, 6.45) is 2.06. The molecule has 15 heteroatoms. The summed E-state index contributed by atoms with van der Waals surface area (Å²) in [6, 6.07) is 0. The molecule has 0 radical (unpaired) electrons. The normalized spacial score (nSPS) is 10.9. The van der Waals surface area contributed by atoms with Crippen LogP contribution in [0.3, 0.4) is 0 Å². The van der Waals surface area contributed by atoms with Crippen molar-refractivity contribution in [1.29, 1.82) is 0 Å². The first kappa shape index (κ1) is 46.7. The molecule has 0 saturated carbocycles. The van der Waals surface area contributed by atoms with Crippen LogP contribution in [0.4, 0.5) is 0 Å². The lowest BCUT2D eigenvalue weighted by Gasteiger charge is -2.19. The molecule has 0 aromatic rings. The zero-order valence-electron chi connectivity index (χ0n) is 26.6. The van der Waals surface area contributed by atoms with Gasteiger partial charge in [0.1, 0.15) is 11.2 Å². The molecule has 0 rings (SSSR count). The number of nitrogens with two attached hydrogens (primary N) is 1. The van der Waals surface area contributed by atoms with Gasteiger partial charge in [0.25, 0.3) is 0 Å². The van der Waals surface area contributed by atoms with Crippen molar-refractivity contribution in [1.82, 2.24) is 5.32 Å². The molecule has 3 N–H and O–H groups in total. The molecule has 256 valence electrons. The van der Waals surface area contributed by atoms with Gasteiger partial charge in [-0.05, 0) is 70.3 Å². The first-order chi connectivity index (χ1) is 20.1. The van der Waals surface area contributed by atoms with Gasteiger partial charge >= 0.3 is 11.9 Å². The summed E-state index contributed by atoms with van der Waals surface area (Å²) in [4.78, 5) is 43.3. The van der Waals surface area contributed by atoms with E-state index >= 15 is 0 Å². The standard InChI is InChI=1S/C14H26BrNO5.C12H25NO4.C2H2Br2O/c1-14(2,3)21-13(18)5-4-7-19-9-10-20-8-6-16-12(17)11-15;1-12(2,3)17-11(14)5-4-7-15-9-10-16-8-6-13;3-1-2(4)5/h4-11H2,1-3H3,(H,16,17);4-10,13H2,1-3H3;1H2. The molecule has 0 aliphatic heterocycles. The van der Waals surface area contributed by atoms with E-state index in [0.717, 1.165) is 0 Å². The molecule has 0 heterocycles. The second-order valence-corrected chi connectivity index (χ2v) is 12.6. The molecule has 0 atom stereocenters.